The first-order chi connectivity index (χ1) is 10.9. The molecule has 0 N–H and O–H groups in total. The Balaban J connectivity index is 2.77. The molecule has 1 aliphatic heterocycles. The Labute approximate surface area is 144 Å². The molecule has 1 amide bonds. The Kier molecular flexibility index (Phi) is 6.42. The van der Waals surface area contributed by atoms with Crippen LogP contribution in [0.2, 0.25) is 0 Å². The second kappa shape index (κ2) is 7.53. The molecule has 6 heteroatoms. The Morgan fingerprint density at radius 1 is 1.29 bits per heavy atom. The SMILES string of the molecule is CCC(C)(CC(C)N1CCC(C(=O)OC(C)(C)C)C1=O)C(=O)OC. The minimum absolute atomic E-state index is 0.144. The van der Waals surface area contributed by atoms with Crippen LogP contribution >= 0.6 is 0 Å². The van der Waals surface area contributed by atoms with Gasteiger partial charge in [0.2, 0.25) is 5.91 Å². The van der Waals surface area contributed by atoms with Gasteiger partial charge in [0.15, 0.2) is 0 Å². The van der Waals surface area contributed by atoms with Crippen molar-refractivity contribution in [1.82, 2.24) is 4.90 Å². The van der Waals surface area contributed by atoms with Crippen LogP contribution in [0.4, 0.5) is 0 Å². The van der Waals surface area contributed by atoms with E-state index in [2.05, 4.69) is 0 Å². The van der Waals surface area contributed by atoms with Gasteiger partial charge in [0.05, 0.1) is 12.5 Å². The fourth-order valence-electron chi connectivity index (χ4n) is 3.11. The average Bonchev–Trinajstić information content (AvgIpc) is 2.86. The van der Waals surface area contributed by atoms with E-state index in [1.165, 1.54) is 7.11 Å². The smallest absolute Gasteiger partial charge is 0.319 e. The van der Waals surface area contributed by atoms with Crippen LogP contribution in [-0.4, -0.2) is 48.0 Å². The quantitative estimate of drug-likeness (QED) is 0.548. The summed E-state index contributed by atoms with van der Waals surface area (Å²) in [6.07, 6.45) is 1.59. The molecular weight excluding hydrogens is 310 g/mol. The molecule has 0 aromatic heterocycles. The first kappa shape index (κ1) is 20.5. The second-order valence-corrected chi connectivity index (χ2v) is 7.87. The predicted molar refractivity (Wildman–Crippen MR) is 90.2 cm³/mol. The van der Waals surface area contributed by atoms with Crippen molar-refractivity contribution in [2.24, 2.45) is 11.3 Å². The molecule has 1 rings (SSSR count). The molecule has 0 aliphatic carbocycles. The summed E-state index contributed by atoms with van der Waals surface area (Å²) in [7, 11) is 1.38. The fourth-order valence-corrected chi connectivity index (χ4v) is 3.11. The Morgan fingerprint density at radius 2 is 1.88 bits per heavy atom. The van der Waals surface area contributed by atoms with Crippen LogP contribution in [0.25, 0.3) is 0 Å². The molecule has 0 radical (unpaired) electrons. The Hall–Kier alpha value is -1.59. The van der Waals surface area contributed by atoms with Gasteiger partial charge in [-0.1, -0.05) is 6.92 Å². The van der Waals surface area contributed by atoms with Gasteiger partial charge in [-0.3, -0.25) is 14.4 Å². The highest BCUT2D eigenvalue weighted by atomic mass is 16.6. The molecule has 1 aliphatic rings. The lowest BCUT2D eigenvalue weighted by molar-refractivity contribution is -0.163. The van der Waals surface area contributed by atoms with E-state index in [4.69, 9.17) is 9.47 Å². The molecule has 1 saturated heterocycles. The van der Waals surface area contributed by atoms with Crippen molar-refractivity contribution in [1.29, 1.82) is 0 Å². The number of rotatable bonds is 6. The molecule has 0 saturated carbocycles. The average molecular weight is 341 g/mol. The van der Waals surface area contributed by atoms with Gasteiger partial charge in [-0.2, -0.15) is 0 Å². The maximum atomic E-state index is 12.6. The van der Waals surface area contributed by atoms with Crippen molar-refractivity contribution < 1.29 is 23.9 Å². The zero-order chi connectivity index (χ0) is 18.7. The van der Waals surface area contributed by atoms with Crippen molar-refractivity contribution in [2.45, 2.75) is 72.4 Å². The highest BCUT2D eigenvalue weighted by Gasteiger charge is 2.43. The third-order valence-electron chi connectivity index (χ3n) is 4.67. The summed E-state index contributed by atoms with van der Waals surface area (Å²) in [5.74, 6) is -1.68. The number of esters is 2. The monoisotopic (exact) mass is 341 g/mol. The van der Waals surface area contributed by atoms with E-state index < -0.39 is 22.9 Å². The molecule has 1 fully saturated rings. The van der Waals surface area contributed by atoms with Gasteiger partial charge in [-0.15, -0.1) is 0 Å². The van der Waals surface area contributed by atoms with Crippen molar-refractivity contribution in [3.05, 3.63) is 0 Å². The zero-order valence-electron chi connectivity index (χ0n) is 16.0. The predicted octanol–water partition coefficient (Wildman–Crippen LogP) is 2.54. The lowest BCUT2D eigenvalue weighted by Gasteiger charge is -2.33. The molecular formula is C18H31NO5. The molecule has 24 heavy (non-hydrogen) atoms. The zero-order valence-corrected chi connectivity index (χ0v) is 16.0. The third-order valence-corrected chi connectivity index (χ3v) is 4.67. The van der Waals surface area contributed by atoms with Gasteiger partial charge in [-0.25, -0.2) is 0 Å². The van der Waals surface area contributed by atoms with Crippen molar-refractivity contribution in [3.63, 3.8) is 0 Å². The number of ether oxygens (including phenoxy) is 2. The van der Waals surface area contributed by atoms with E-state index in [-0.39, 0.29) is 17.9 Å². The highest BCUT2D eigenvalue weighted by molar-refractivity contribution is 5.99. The van der Waals surface area contributed by atoms with E-state index in [1.807, 2.05) is 20.8 Å². The van der Waals surface area contributed by atoms with Gasteiger partial charge >= 0.3 is 11.9 Å². The molecule has 0 aromatic rings. The molecule has 0 aromatic carbocycles. The number of hydrogen-bond acceptors (Lipinski definition) is 5. The molecule has 0 bridgehead atoms. The summed E-state index contributed by atoms with van der Waals surface area (Å²) in [4.78, 5) is 38.5. The first-order valence-corrected chi connectivity index (χ1v) is 8.57. The molecule has 1 heterocycles. The summed E-state index contributed by atoms with van der Waals surface area (Å²) >= 11 is 0. The summed E-state index contributed by atoms with van der Waals surface area (Å²) in [5.41, 5.74) is -1.25. The van der Waals surface area contributed by atoms with Crippen LogP contribution in [0, 0.1) is 11.3 Å². The number of carbonyl (C=O) groups excluding carboxylic acids is 3. The lowest BCUT2D eigenvalue weighted by Crippen LogP contribution is -2.42. The van der Waals surface area contributed by atoms with E-state index in [0.717, 1.165) is 0 Å². The number of amides is 1. The van der Waals surface area contributed by atoms with E-state index in [9.17, 15) is 14.4 Å². The van der Waals surface area contributed by atoms with Crippen LogP contribution < -0.4 is 0 Å². The van der Waals surface area contributed by atoms with Crippen LogP contribution in [0.1, 0.15) is 60.8 Å². The summed E-state index contributed by atoms with van der Waals surface area (Å²) in [5, 5.41) is 0. The summed E-state index contributed by atoms with van der Waals surface area (Å²) in [6.45, 7) is 11.5. The van der Waals surface area contributed by atoms with Gasteiger partial charge < -0.3 is 14.4 Å². The Bertz CT molecular complexity index is 496. The normalized spacial score (nSPS) is 22.0. The first-order valence-electron chi connectivity index (χ1n) is 8.57. The minimum atomic E-state index is -0.738. The van der Waals surface area contributed by atoms with Crippen LogP contribution in [0.15, 0.2) is 0 Å². The van der Waals surface area contributed by atoms with E-state index >= 15 is 0 Å². The van der Waals surface area contributed by atoms with Crippen LogP contribution in [0.3, 0.4) is 0 Å². The Morgan fingerprint density at radius 3 is 2.33 bits per heavy atom. The summed E-state index contributed by atoms with van der Waals surface area (Å²) < 4.78 is 10.2. The second-order valence-electron chi connectivity index (χ2n) is 7.87. The van der Waals surface area contributed by atoms with Crippen LogP contribution in [0.5, 0.6) is 0 Å². The molecule has 3 atom stereocenters. The number of carbonyl (C=O) groups is 3. The molecule has 6 nitrogen and oxygen atoms in total. The molecule has 0 spiro atoms. The van der Waals surface area contributed by atoms with Gasteiger partial charge in [0, 0.05) is 12.6 Å². The molecule has 138 valence electrons. The topological polar surface area (TPSA) is 72.9 Å². The van der Waals surface area contributed by atoms with Gasteiger partial charge in [-0.05, 0) is 53.9 Å². The number of methoxy groups -OCH3 is 1. The minimum Gasteiger partial charge on any atom is -0.469 e. The maximum Gasteiger partial charge on any atom is 0.319 e. The van der Waals surface area contributed by atoms with Crippen molar-refractivity contribution >= 4 is 17.8 Å². The highest BCUT2D eigenvalue weighted by Crippen LogP contribution is 2.33. The van der Waals surface area contributed by atoms with Crippen LogP contribution in [-0.2, 0) is 23.9 Å². The largest absolute Gasteiger partial charge is 0.469 e. The lowest BCUT2D eigenvalue weighted by atomic mass is 9.81. The van der Waals surface area contributed by atoms with E-state index in [1.54, 1.807) is 25.7 Å². The standard InChI is InChI=1S/C18H31NO5/c1-8-18(6,16(22)23-7)11-12(2)19-10-9-13(14(19)20)15(21)24-17(3,4)5/h12-13H,8-11H2,1-7H3. The van der Waals surface area contributed by atoms with Gasteiger partial charge in [0.25, 0.3) is 0 Å². The van der Waals surface area contributed by atoms with Gasteiger partial charge in [0.1, 0.15) is 11.5 Å². The number of nitrogens with zero attached hydrogens (tertiary/aromatic N) is 1. The number of hydrogen-bond donors (Lipinski definition) is 0. The molecule has 3 unspecified atom stereocenters. The maximum absolute atomic E-state index is 12.6. The van der Waals surface area contributed by atoms with E-state index in [0.29, 0.717) is 25.8 Å². The fraction of sp³-hybridized carbons (Fsp3) is 0.833. The number of likely N-dealkylation sites (tertiary alicyclic amines) is 1. The van der Waals surface area contributed by atoms with Crippen molar-refractivity contribution in [2.75, 3.05) is 13.7 Å². The van der Waals surface area contributed by atoms with Crippen molar-refractivity contribution in [3.8, 4) is 0 Å². The summed E-state index contributed by atoms with van der Waals surface area (Å²) in [6, 6.07) is -0.144. The third kappa shape index (κ3) is 4.71.